The van der Waals surface area contributed by atoms with E-state index in [1.807, 2.05) is 12.1 Å². The quantitative estimate of drug-likeness (QED) is 0.0425. The zero-order chi connectivity index (χ0) is 50.5. The van der Waals surface area contributed by atoms with Crippen molar-refractivity contribution in [1.82, 2.24) is 36.4 Å². The Labute approximate surface area is 410 Å². The minimum Gasteiger partial charge on any atom is -0.492 e. The van der Waals surface area contributed by atoms with Crippen LogP contribution in [-0.4, -0.2) is 114 Å². The van der Waals surface area contributed by atoms with Crippen LogP contribution in [0.15, 0.2) is 91.1 Å². The first kappa shape index (κ1) is 52.1. The molecule has 19 nitrogen and oxygen atoms in total. The lowest BCUT2D eigenvalue weighted by Gasteiger charge is -2.33. The molecule has 2 heterocycles. The summed E-state index contributed by atoms with van der Waals surface area (Å²) in [6.45, 7) is 3.85. The number of nitrogens with zero attached hydrogens (tertiary/aromatic N) is 2. The van der Waals surface area contributed by atoms with Crippen molar-refractivity contribution in [2.45, 2.75) is 69.7 Å². The van der Waals surface area contributed by atoms with Gasteiger partial charge in [-0.05, 0) is 110 Å². The summed E-state index contributed by atoms with van der Waals surface area (Å²) in [5.74, 6) is -3.12. The minimum atomic E-state index is -1.40. The first-order valence-corrected chi connectivity index (χ1v) is 23.3. The van der Waals surface area contributed by atoms with Crippen LogP contribution in [0.2, 0.25) is 5.02 Å². The number of H-pyrrole nitrogens is 1. The number of nitrogen functional groups attached to an aromatic ring is 1. The van der Waals surface area contributed by atoms with Gasteiger partial charge in [0.15, 0.2) is 0 Å². The van der Waals surface area contributed by atoms with Crippen molar-refractivity contribution in [2.24, 2.45) is 17.2 Å². The topological polar surface area (TPSA) is 305 Å². The number of aromatic amines is 1. The molecule has 0 fully saturated rings. The van der Waals surface area contributed by atoms with E-state index in [-0.39, 0.29) is 50.5 Å². The van der Waals surface area contributed by atoms with Gasteiger partial charge in [0.25, 0.3) is 5.91 Å². The Morgan fingerprint density at radius 3 is 2.06 bits per heavy atom. The van der Waals surface area contributed by atoms with Gasteiger partial charge in [0.2, 0.25) is 29.4 Å². The molecule has 1 aliphatic heterocycles. The number of nitrogens with two attached hydrogens (primary N) is 4. The van der Waals surface area contributed by atoms with Gasteiger partial charge in [0.05, 0.1) is 17.9 Å². The number of unbranched alkanes of at least 4 members (excludes halogenated alkanes) is 1. The summed E-state index contributed by atoms with van der Waals surface area (Å²) in [6, 6.07) is 18.2. The Balaban J connectivity index is 1.39. The summed E-state index contributed by atoms with van der Waals surface area (Å²) in [4.78, 5) is 86.2. The number of aromatic nitrogens is 2. The largest absolute Gasteiger partial charge is 0.492 e. The molecule has 0 radical (unpaired) electrons. The Morgan fingerprint density at radius 1 is 0.814 bits per heavy atom. The van der Waals surface area contributed by atoms with E-state index >= 15 is 0 Å². The zero-order valence-corrected chi connectivity index (χ0v) is 40.0. The molecule has 5 amide bonds. The smallest absolute Gasteiger partial charge is 0.251 e. The van der Waals surface area contributed by atoms with Crippen molar-refractivity contribution >= 4 is 52.6 Å². The van der Waals surface area contributed by atoms with Crippen molar-refractivity contribution < 1.29 is 38.2 Å². The number of ether oxygens (including phenoxy) is 2. The highest BCUT2D eigenvalue weighted by atomic mass is 35.5. The third kappa shape index (κ3) is 12.9. The number of Topliss-reactive ketones (excluding diaryl/α,β-unsaturated/α-hetero) is 1. The number of anilines is 1. The van der Waals surface area contributed by atoms with E-state index in [0.717, 1.165) is 11.1 Å². The standard InChI is InChI=1S/C50H60ClN11O8/c1-28(45(63)43-38(55)27-56-61-43)57-48(66)40-25-30-7-17-41(69-22-20-53)36(24-30)37-26-34(14-18-42(37)70-23-21-54)44(49(67)58-29(2)46(64)60-40)62(3)50(68)39(6-4-5-19-52)59-47(65)33-10-8-31(9-11-33)32-12-15-35(51)16-13-32/h7-18,24,26-29,39-40,44H,4-6,19-23,25,52-55H2,1-3H3,(H,56,61)(H,57,66)(H,58,67)(H,59,65)(H,60,64)/t28?,29-,39-,40?,44?/m0/s1. The van der Waals surface area contributed by atoms with Gasteiger partial charge in [0.1, 0.15) is 54.6 Å². The second-order valence-corrected chi connectivity index (χ2v) is 17.3. The molecule has 0 aliphatic carbocycles. The second-order valence-electron chi connectivity index (χ2n) is 16.9. The zero-order valence-electron chi connectivity index (χ0n) is 39.3. The molecule has 1 aromatic heterocycles. The maximum atomic E-state index is 14.9. The predicted octanol–water partition coefficient (Wildman–Crippen LogP) is 3.01. The van der Waals surface area contributed by atoms with Crippen molar-refractivity contribution in [3.05, 3.63) is 119 Å². The molecule has 4 aromatic carbocycles. The Bertz CT molecular complexity index is 2660. The monoisotopic (exact) mass is 977 g/mol. The van der Waals surface area contributed by atoms with Crippen molar-refractivity contribution in [3.63, 3.8) is 0 Å². The minimum absolute atomic E-state index is 0.00883. The molecule has 3 unspecified atom stereocenters. The molecule has 20 heteroatoms. The van der Waals surface area contributed by atoms with Crippen LogP contribution in [0, 0.1) is 0 Å². The Hall–Kier alpha value is -7.32. The number of hydrogen-bond donors (Lipinski definition) is 9. The number of benzene rings is 4. The highest BCUT2D eigenvalue weighted by molar-refractivity contribution is 6.30. The fraction of sp³-hybridized carbons (Fsp3) is 0.340. The fourth-order valence-electron chi connectivity index (χ4n) is 7.99. The van der Waals surface area contributed by atoms with Crippen molar-refractivity contribution in [3.8, 4) is 33.8 Å². The van der Waals surface area contributed by atoms with E-state index in [0.29, 0.717) is 63.7 Å². The number of carbonyl (C=O) groups excluding carboxylic acids is 6. The lowest BCUT2D eigenvalue weighted by molar-refractivity contribution is -0.141. The number of likely N-dealkylation sites (N-methyl/N-ethyl adjacent to an activating group) is 1. The molecule has 0 saturated carbocycles. The molecule has 6 rings (SSSR count). The van der Waals surface area contributed by atoms with Crippen LogP contribution in [0.3, 0.4) is 0 Å². The third-order valence-corrected chi connectivity index (χ3v) is 12.0. The lowest BCUT2D eigenvalue weighted by atomic mass is 9.93. The van der Waals surface area contributed by atoms with Crippen LogP contribution in [0.4, 0.5) is 5.69 Å². The average molecular weight is 979 g/mol. The number of fused-ring (bicyclic) bond motifs is 5. The van der Waals surface area contributed by atoms with Gasteiger partial charge in [-0.25, -0.2) is 0 Å². The van der Waals surface area contributed by atoms with Crippen molar-refractivity contribution in [1.29, 1.82) is 0 Å². The summed E-state index contributed by atoms with van der Waals surface area (Å²) in [5, 5.41) is 18.0. The van der Waals surface area contributed by atoms with Gasteiger partial charge in [-0.3, -0.25) is 33.9 Å². The van der Waals surface area contributed by atoms with Crippen molar-refractivity contribution in [2.75, 3.05) is 45.6 Å². The molecule has 5 aromatic rings. The number of amides is 5. The van der Waals surface area contributed by atoms with Gasteiger partial charge < -0.3 is 58.6 Å². The molecule has 4 bridgehead atoms. The predicted molar refractivity (Wildman–Crippen MR) is 266 cm³/mol. The highest BCUT2D eigenvalue weighted by Gasteiger charge is 2.36. The first-order chi connectivity index (χ1) is 33.6. The molecule has 0 spiro atoms. The number of halogens is 1. The van der Waals surface area contributed by atoms with Crippen LogP contribution < -0.4 is 53.7 Å². The second kappa shape index (κ2) is 24.3. The average Bonchev–Trinajstić information content (AvgIpc) is 3.79. The van der Waals surface area contributed by atoms with Gasteiger partial charge in [-0.2, -0.15) is 5.10 Å². The summed E-state index contributed by atoms with van der Waals surface area (Å²) >= 11 is 6.08. The summed E-state index contributed by atoms with van der Waals surface area (Å²) in [5.41, 5.74) is 27.5. The number of hydrogen-bond acceptors (Lipinski definition) is 13. The molecule has 13 N–H and O–H groups in total. The van der Waals surface area contributed by atoms with E-state index < -0.39 is 65.5 Å². The van der Waals surface area contributed by atoms with Crippen LogP contribution in [0.25, 0.3) is 22.3 Å². The van der Waals surface area contributed by atoms with Gasteiger partial charge in [-0.15, -0.1) is 0 Å². The molecular formula is C50H60ClN11O8. The van der Waals surface area contributed by atoms with E-state index in [9.17, 15) is 28.8 Å². The van der Waals surface area contributed by atoms with E-state index in [1.54, 1.807) is 72.8 Å². The third-order valence-electron chi connectivity index (χ3n) is 11.8. The number of nitrogens with one attached hydrogen (secondary N) is 5. The Kier molecular flexibility index (Phi) is 18.1. The molecule has 70 heavy (non-hydrogen) atoms. The number of ketones is 1. The molecule has 0 saturated heterocycles. The van der Waals surface area contributed by atoms with Gasteiger partial charge in [0, 0.05) is 48.3 Å². The highest BCUT2D eigenvalue weighted by Crippen LogP contribution is 2.40. The van der Waals surface area contributed by atoms with Crippen LogP contribution in [0.1, 0.15) is 71.1 Å². The fourth-order valence-corrected chi connectivity index (χ4v) is 8.12. The van der Waals surface area contributed by atoms with Gasteiger partial charge in [-0.1, -0.05) is 48.0 Å². The van der Waals surface area contributed by atoms with E-state index in [1.165, 1.54) is 32.0 Å². The number of carbonyl (C=O) groups is 6. The summed E-state index contributed by atoms with van der Waals surface area (Å²) < 4.78 is 12.3. The molecule has 370 valence electrons. The first-order valence-electron chi connectivity index (χ1n) is 22.9. The van der Waals surface area contributed by atoms with Gasteiger partial charge >= 0.3 is 0 Å². The maximum absolute atomic E-state index is 14.9. The maximum Gasteiger partial charge on any atom is 0.251 e. The SMILES string of the molecule is CC(NC(=O)C1Cc2ccc(OCCN)c(c2)-c2cc(ccc2OCCN)C(N(C)C(=O)[C@H](CCCCN)NC(=O)c2ccc(-c3ccc(Cl)cc3)cc2)C(=O)N[C@@H](C)C(=O)N1)C(=O)c1[nH]ncc1N. The van der Waals surface area contributed by atoms with E-state index in [4.69, 9.17) is 44.0 Å². The van der Waals surface area contributed by atoms with Crippen LogP contribution in [-0.2, 0) is 25.6 Å². The normalized spacial score (nSPS) is 16.6. The molecular weight excluding hydrogens is 918 g/mol. The lowest BCUT2D eigenvalue weighted by Crippen LogP contribution is -2.57. The summed E-state index contributed by atoms with van der Waals surface area (Å²) in [6.07, 6.45) is 2.43. The number of rotatable bonds is 19. The van der Waals surface area contributed by atoms with Crippen LogP contribution in [0.5, 0.6) is 11.5 Å². The molecule has 1 aliphatic rings. The van der Waals surface area contributed by atoms with Crippen LogP contribution >= 0.6 is 11.6 Å². The summed E-state index contributed by atoms with van der Waals surface area (Å²) in [7, 11) is 1.44. The van der Waals surface area contributed by atoms with E-state index in [2.05, 4.69) is 31.5 Å². The Morgan fingerprint density at radius 2 is 1.44 bits per heavy atom. The molecule has 5 atom stereocenters.